The lowest BCUT2D eigenvalue weighted by molar-refractivity contribution is -0.127. The van der Waals surface area contributed by atoms with Crippen molar-refractivity contribution in [2.75, 3.05) is 47.4 Å². The van der Waals surface area contributed by atoms with Crippen molar-refractivity contribution < 1.29 is 9.53 Å². The van der Waals surface area contributed by atoms with Gasteiger partial charge in [-0.15, -0.1) is 6.58 Å². The van der Waals surface area contributed by atoms with E-state index >= 15 is 0 Å². The Morgan fingerprint density at radius 3 is 2.64 bits per heavy atom. The van der Waals surface area contributed by atoms with E-state index in [0.29, 0.717) is 17.9 Å². The fourth-order valence-corrected chi connectivity index (χ4v) is 2.41. The highest BCUT2D eigenvalue weighted by Crippen LogP contribution is 2.43. The summed E-state index contributed by atoms with van der Waals surface area (Å²) in [5.74, 6) is 0.649. The predicted molar refractivity (Wildman–Crippen MR) is 90.0 cm³/mol. The van der Waals surface area contributed by atoms with Crippen LogP contribution in [0.5, 0.6) is 0 Å². The number of rotatable bonds is 9. The van der Waals surface area contributed by atoms with E-state index < -0.39 is 0 Å². The number of likely N-dealkylation sites (N-methyl/N-ethyl adjacent to an activating group) is 1. The Bertz CT molecular complexity index is 390. The summed E-state index contributed by atoms with van der Waals surface area (Å²) in [6, 6.07) is 0. The molecule has 6 heteroatoms. The molecule has 6 nitrogen and oxygen atoms in total. The maximum absolute atomic E-state index is 11.7. The zero-order valence-electron chi connectivity index (χ0n) is 14.2. The number of hydrogen-bond acceptors (Lipinski definition) is 3. The first kappa shape index (κ1) is 18.5. The maximum Gasteiger partial charge on any atom is 0.243 e. The largest absolute Gasteiger partial charge is 0.385 e. The van der Waals surface area contributed by atoms with Gasteiger partial charge in [-0.25, -0.2) is 4.99 Å². The highest BCUT2D eigenvalue weighted by molar-refractivity contribution is 5.84. The Kier molecular flexibility index (Phi) is 7.95. The molecule has 1 saturated carbocycles. The number of aliphatic imine (C=N–C) groups is 1. The standard InChI is InChI=1S/C16H30N4O2/c1-5-10-17-15(18-12-14(21)20(2)3)19-13-16(7-6-8-16)9-11-22-4/h5H,1,6-13H2,2-4H3,(H2,17,18,19). The first-order valence-electron chi connectivity index (χ1n) is 7.85. The molecule has 0 aromatic carbocycles. The van der Waals surface area contributed by atoms with Crippen LogP contribution in [-0.4, -0.2) is 64.2 Å². The Morgan fingerprint density at radius 2 is 2.14 bits per heavy atom. The van der Waals surface area contributed by atoms with E-state index in [-0.39, 0.29) is 12.5 Å². The van der Waals surface area contributed by atoms with Gasteiger partial charge in [-0.3, -0.25) is 4.79 Å². The van der Waals surface area contributed by atoms with Gasteiger partial charge < -0.3 is 20.3 Å². The minimum Gasteiger partial charge on any atom is -0.385 e. The molecule has 0 radical (unpaired) electrons. The Morgan fingerprint density at radius 1 is 1.41 bits per heavy atom. The molecule has 1 rings (SSSR count). The van der Waals surface area contributed by atoms with Crippen LogP contribution in [-0.2, 0) is 9.53 Å². The number of methoxy groups -OCH3 is 1. The van der Waals surface area contributed by atoms with Crippen LogP contribution < -0.4 is 10.6 Å². The van der Waals surface area contributed by atoms with E-state index in [0.717, 1.165) is 19.6 Å². The number of nitrogens with zero attached hydrogens (tertiary/aromatic N) is 2. The van der Waals surface area contributed by atoms with Gasteiger partial charge in [0, 0.05) is 40.9 Å². The zero-order valence-corrected chi connectivity index (χ0v) is 14.2. The number of amides is 1. The lowest BCUT2D eigenvalue weighted by atomic mass is 9.67. The van der Waals surface area contributed by atoms with Crippen LogP contribution in [0, 0.1) is 5.41 Å². The molecule has 0 aromatic heterocycles. The lowest BCUT2D eigenvalue weighted by Crippen LogP contribution is -2.47. The highest BCUT2D eigenvalue weighted by Gasteiger charge is 2.36. The van der Waals surface area contributed by atoms with E-state index in [1.807, 2.05) is 0 Å². The molecule has 0 aliphatic heterocycles. The number of hydrogen-bond donors (Lipinski definition) is 2. The molecule has 1 fully saturated rings. The summed E-state index contributed by atoms with van der Waals surface area (Å²) in [5.41, 5.74) is 0.304. The average Bonchev–Trinajstić information content (AvgIpc) is 2.47. The van der Waals surface area contributed by atoms with Crippen molar-refractivity contribution in [3.05, 3.63) is 12.7 Å². The van der Waals surface area contributed by atoms with Crippen LogP contribution >= 0.6 is 0 Å². The van der Waals surface area contributed by atoms with Crippen LogP contribution in [0.4, 0.5) is 0 Å². The minimum absolute atomic E-state index is 0.0163. The number of carbonyl (C=O) groups excluding carboxylic acids is 1. The van der Waals surface area contributed by atoms with Crippen molar-refractivity contribution in [2.45, 2.75) is 25.7 Å². The van der Waals surface area contributed by atoms with Crippen molar-refractivity contribution in [3.63, 3.8) is 0 Å². The second-order valence-corrected chi connectivity index (χ2v) is 6.07. The quantitative estimate of drug-likeness (QED) is 0.379. The molecule has 0 spiro atoms. The first-order valence-corrected chi connectivity index (χ1v) is 7.85. The fraction of sp³-hybridized carbons (Fsp3) is 0.750. The summed E-state index contributed by atoms with van der Waals surface area (Å²) in [6.07, 6.45) is 6.54. The third-order valence-corrected chi connectivity index (χ3v) is 4.17. The van der Waals surface area contributed by atoms with Crippen LogP contribution in [0.15, 0.2) is 17.6 Å². The summed E-state index contributed by atoms with van der Waals surface area (Å²) >= 11 is 0. The molecule has 0 heterocycles. The van der Waals surface area contributed by atoms with Crippen LogP contribution in [0.2, 0.25) is 0 Å². The molecule has 1 aliphatic carbocycles. The molecule has 1 aliphatic rings. The molecular weight excluding hydrogens is 280 g/mol. The molecule has 0 aromatic rings. The molecule has 0 bridgehead atoms. The fourth-order valence-electron chi connectivity index (χ4n) is 2.41. The normalized spacial score (nSPS) is 16.6. The van der Waals surface area contributed by atoms with E-state index in [1.165, 1.54) is 19.3 Å². The van der Waals surface area contributed by atoms with Gasteiger partial charge in [0.1, 0.15) is 6.54 Å². The second-order valence-electron chi connectivity index (χ2n) is 6.07. The van der Waals surface area contributed by atoms with E-state index in [1.54, 1.807) is 32.2 Å². The van der Waals surface area contributed by atoms with Crippen molar-refractivity contribution >= 4 is 11.9 Å². The van der Waals surface area contributed by atoms with Gasteiger partial charge >= 0.3 is 0 Å². The minimum atomic E-state index is -0.0163. The van der Waals surface area contributed by atoms with Crippen LogP contribution in [0.25, 0.3) is 0 Å². The topological polar surface area (TPSA) is 66.0 Å². The molecule has 0 saturated heterocycles. The second kappa shape index (κ2) is 9.46. The van der Waals surface area contributed by atoms with Gasteiger partial charge in [0.05, 0.1) is 0 Å². The summed E-state index contributed by atoms with van der Waals surface area (Å²) in [5, 5.41) is 6.52. The monoisotopic (exact) mass is 310 g/mol. The van der Waals surface area contributed by atoms with Crippen LogP contribution in [0.3, 0.4) is 0 Å². The average molecular weight is 310 g/mol. The number of guanidine groups is 1. The van der Waals surface area contributed by atoms with E-state index in [9.17, 15) is 4.79 Å². The van der Waals surface area contributed by atoms with Crippen LogP contribution in [0.1, 0.15) is 25.7 Å². The van der Waals surface area contributed by atoms with Crippen molar-refractivity contribution in [1.82, 2.24) is 15.5 Å². The smallest absolute Gasteiger partial charge is 0.243 e. The summed E-state index contributed by atoms with van der Waals surface area (Å²) in [7, 11) is 5.21. The van der Waals surface area contributed by atoms with Gasteiger partial charge in [0.25, 0.3) is 0 Å². The SMILES string of the molecule is C=CCNC(=NCC(=O)N(C)C)NCC1(CCOC)CCC1. The molecule has 0 unspecified atom stereocenters. The lowest BCUT2D eigenvalue weighted by Gasteiger charge is -2.42. The molecule has 22 heavy (non-hydrogen) atoms. The third kappa shape index (κ3) is 6.05. The first-order chi connectivity index (χ1) is 10.5. The van der Waals surface area contributed by atoms with Crippen molar-refractivity contribution in [3.8, 4) is 0 Å². The highest BCUT2D eigenvalue weighted by atomic mass is 16.5. The Hall–Kier alpha value is -1.56. The predicted octanol–water partition coefficient (Wildman–Crippen LogP) is 1.00. The third-order valence-electron chi connectivity index (χ3n) is 4.17. The zero-order chi connectivity index (χ0) is 16.4. The number of ether oxygens (including phenoxy) is 1. The van der Waals surface area contributed by atoms with Gasteiger partial charge in [0.2, 0.25) is 5.91 Å². The Labute approximate surface area is 134 Å². The van der Waals surface area contributed by atoms with E-state index in [4.69, 9.17) is 4.74 Å². The molecule has 0 atom stereocenters. The van der Waals surface area contributed by atoms with Gasteiger partial charge in [-0.2, -0.15) is 0 Å². The van der Waals surface area contributed by atoms with Gasteiger partial charge in [-0.1, -0.05) is 12.5 Å². The Balaban J connectivity index is 2.54. The van der Waals surface area contributed by atoms with E-state index in [2.05, 4.69) is 22.2 Å². The molecule has 2 N–H and O–H groups in total. The maximum atomic E-state index is 11.7. The molecular formula is C16H30N4O2. The van der Waals surface area contributed by atoms with Gasteiger partial charge in [0.15, 0.2) is 5.96 Å². The summed E-state index contributed by atoms with van der Waals surface area (Å²) < 4.78 is 5.21. The molecule has 126 valence electrons. The van der Waals surface area contributed by atoms with Gasteiger partial charge in [-0.05, 0) is 24.7 Å². The summed E-state index contributed by atoms with van der Waals surface area (Å²) in [6.45, 7) is 6.10. The van der Waals surface area contributed by atoms with Crippen molar-refractivity contribution in [1.29, 1.82) is 0 Å². The van der Waals surface area contributed by atoms with Crippen molar-refractivity contribution in [2.24, 2.45) is 10.4 Å². The number of nitrogens with one attached hydrogen (secondary N) is 2. The summed E-state index contributed by atoms with van der Waals surface area (Å²) in [4.78, 5) is 17.5. The number of carbonyl (C=O) groups is 1. The molecule has 1 amide bonds.